The van der Waals surface area contributed by atoms with Crippen molar-refractivity contribution in [3.63, 3.8) is 0 Å². The van der Waals surface area contributed by atoms with Crippen molar-refractivity contribution >= 4 is 39.9 Å². The van der Waals surface area contributed by atoms with Gasteiger partial charge in [0.25, 0.3) is 5.69 Å². The normalized spacial score (nSPS) is 25.0. The van der Waals surface area contributed by atoms with E-state index in [1.54, 1.807) is 18.2 Å². The summed E-state index contributed by atoms with van der Waals surface area (Å²) in [5.74, 6) is -0.130. The van der Waals surface area contributed by atoms with Crippen LogP contribution in [0.15, 0.2) is 36.4 Å². The summed E-state index contributed by atoms with van der Waals surface area (Å²) >= 11 is 6.08. The van der Waals surface area contributed by atoms with Gasteiger partial charge in [0.1, 0.15) is 0 Å². The number of rotatable bonds is 3. The SMILES string of the molecule is Cc1cc(Cl)ccc1NC(=O)C12CCC(C)(c3nc4ccc([N+](=O)[O-])cc4nc31)C2(C)C. The number of nitro benzene ring substituents is 1. The van der Waals surface area contributed by atoms with Crippen LogP contribution in [0.3, 0.4) is 0 Å². The summed E-state index contributed by atoms with van der Waals surface area (Å²) in [5, 5.41) is 15.0. The zero-order chi connectivity index (χ0) is 23.1. The molecule has 0 aliphatic heterocycles. The number of non-ortho nitro benzene ring substituents is 1. The van der Waals surface area contributed by atoms with E-state index in [-0.39, 0.29) is 17.0 Å². The molecule has 2 unspecified atom stereocenters. The lowest BCUT2D eigenvalue weighted by molar-refractivity contribution is -0.384. The molecule has 2 aromatic carbocycles. The van der Waals surface area contributed by atoms with Gasteiger partial charge in [0, 0.05) is 28.3 Å². The van der Waals surface area contributed by atoms with E-state index >= 15 is 0 Å². The highest BCUT2D eigenvalue weighted by molar-refractivity contribution is 6.30. The van der Waals surface area contributed by atoms with Gasteiger partial charge in [0.05, 0.1) is 32.8 Å². The number of aryl methyl sites for hydroxylation is 1. The fraction of sp³-hybridized carbons (Fsp3) is 0.375. The van der Waals surface area contributed by atoms with Crippen molar-refractivity contribution < 1.29 is 9.72 Å². The second kappa shape index (κ2) is 6.48. The zero-order valence-electron chi connectivity index (χ0n) is 18.3. The molecule has 0 saturated heterocycles. The molecule has 2 atom stereocenters. The second-order valence-corrected chi connectivity index (χ2v) is 10.1. The largest absolute Gasteiger partial charge is 0.325 e. The van der Waals surface area contributed by atoms with Crippen LogP contribution in [0.5, 0.6) is 0 Å². The Morgan fingerprint density at radius 3 is 2.47 bits per heavy atom. The van der Waals surface area contributed by atoms with Crippen LogP contribution in [0.4, 0.5) is 11.4 Å². The third-order valence-corrected chi connectivity index (χ3v) is 8.29. The highest BCUT2D eigenvalue weighted by atomic mass is 35.5. The first-order valence-corrected chi connectivity index (χ1v) is 10.9. The van der Waals surface area contributed by atoms with Crippen LogP contribution in [-0.4, -0.2) is 20.8 Å². The highest BCUT2D eigenvalue weighted by Gasteiger charge is 2.73. The van der Waals surface area contributed by atoms with Gasteiger partial charge in [-0.1, -0.05) is 32.4 Å². The van der Waals surface area contributed by atoms with Crippen LogP contribution in [0.1, 0.15) is 50.6 Å². The number of hydrogen-bond donors (Lipinski definition) is 1. The van der Waals surface area contributed by atoms with E-state index in [9.17, 15) is 14.9 Å². The van der Waals surface area contributed by atoms with Crippen LogP contribution < -0.4 is 5.32 Å². The number of nitrogens with zero attached hydrogens (tertiary/aromatic N) is 3. The van der Waals surface area contributed by atoms with Crippen molar-refractivity contribution in [1.82, 2.24) is 9.97 Å². The van der Waals surface area contributed by atoms with Crippen LogP contribution in [0.25, 0.3) is 11.0 Å². The molecular formula is C24H23ClN4O3. The van der Waals surface area contributed by atoms with Gasteiger partial charge in [-0.05, 0) is 55.0 Å². The molecule has 1 heterocycles. The minimum Gasteiger partial charge on any atom is -0.325 e. The quantitative estimate of drug-likeness (QED) is 0.421. The molecule has 2 aliphatic carbocycles. The molecule has 3 aromatic rings. The van der Waals surface area contributed by atoms with Crippen molar-refractivity contribution in [2.75, 3.05) is 5.32 Å². The lowest BCUT2D eigenvalue weighted by Crippen LogP contribution is -2.48. The molecule has 32 heavy (non-hydrogen) atoms. The summed E-state index contributed by atoms with van der Waals surface area (Å²) in [6, 6.07) is 9.87. The standard InChI is InChI=1S/C24H23ClN4O3/c1-13-11-14(25)5-7-16(13)28-21(30)24-10-9-23(4,22(24,2)3)19-20(24)27-18-12-15(29(31)32)6-8-17(18)26-19/h5-8,11-12H,9-10H2,1-4H3,(H,28,30). The fourth-order valence-corrected chi connectivity index (χ4v) is 5.93. The minimum atomic E-state index is -0.894. The van der Waals surface area contributed by atoms with Gasteiger partial charge < -0.3 is 5.32 Å². The summed E-state index contributed by atoms with van der Waals surface area (Å²) in [6.45, 7) is 8.25. The Labute approximate surface area is 190 Å². The molecule has 1 aromatic heterocycles. The summed E-state index contributed by atoms with van der Waals surface area (Å²) in [4.78, 5) is 34.5. The molecule has 164 valence electrons. The van der Waals surface area contributed by atoms with E-state index in [1.807, 2.05) is 13.0 Å². The molecule has 8 heteroatoms. The molecule has 7 nitrogen and oxygen atoms in total. The van der Waals surface area contributed by atoms with E-state index < -0.39 is 15.8 Å². The summed E-state index contributed by atoms with van der Waals surface area (Å²) in [7, 11) is 0. The van der Waals surface area contributed by atoms with E-state index in [4.69, 9.17) is 21.6 Å². The van der Waals surface area contributed by atoms with Gasteiger partial charge in [-0.25, -0.2) is 9.97 Å². The molecule has 1 fully saturated rings. The first kappa shape index (κ1) is 20.8. The Morgan fingerprint density at radius 1 is 1.06 bits per heavy atom. The predicted molar refractivity (Wildman–Crippen MR) is 123 cm³/mol. The van der Waals surface area contributed by atoms with Crippen molar-refractivity contribution in [3.05, 3.63) is 68.5 Å². The topological polar surface area (TPSA) is 98.0 Å². The highest BCUT2D eigenvalue weighted by Crippen LogP contribution is 2.70. The van der Waals surface area contributed by atoms with Gasteiger partial charge in [-0.3, -0.25) is 14.9 Å². The molecule has 5 rings (SSSR count). The number of halogens is 1. The first-order valence-electron chi connectivity index (χ1n) is 10.6. The molecule has 0 radical (unpaired) electrons. The first-order chi connectivity index (χ1) is 15.0. The average Bonchev–Trinajstić information content (AvgIpc) is 3.03. The minimum absolute atomic E-state index is 0.0457. The molecule has 2 aliphatic rings. The summed E-state index contributed by atoms with van der Waals surface area (Å²) in [6.07, 6.45) is 1.45. The Hall–Kier alpha value is -3.06. The van der Waals surface area contributed by atoms with Crippen molar-refractivity contribution in [1.29, 1.82) is 0 Å². The summed E-state index contributed by atoms with van der Waals surface area (Å²) < 4.78 is 0. The van der Waals surface area contributed by atoms with E-state index in [0.717, 1.165) is 17.7 Å². The van der Waals surface area contributed by atoms with Crippen LogP contribution in [0, 0.1) is 22.5 Å². The lowest BCUT2D eigenvalue weighted by atomic mass is 9.63. The number of anilines is 1. The van der Waals surface area contributed by atoms with Crippen LogP contribution in [-0.2, 0) is 15.6 Å². The number of carbonyl (C=O) groups excluding carboxylic acids is 1. The Kier molecular flexibility index (Phi) is 4.22. The molecule has 1 N–H and O–H groups in total. The Morgan fingerprint density at radius 2 is 1.78 bits per heavy atom. The zero-order valence-corrected chi connectivity index (χ0v) is 19.1. The number of fused-ring (bicyclic) bond motifs is 6. The molecular weight excluding hydrogens is 428 g/mol. The summed E-state index contributed by atoms with van der Waals surface area (Å²) in [5.41, 5.74) is 2.34. The van der Waals surface area contributed by atoms with E-state index in [0.29, 0.717) is 33.9 Å². The van der Waals surface area contributed by atoms with Crippen LogP contribution in [0.2, 0.25) is 5.02 Å². The van der Waals surface area contributed by atoms with Gasteiger partial charge in [-0.15, -0.1) is 0 Å². The predicted octanol–water partition coefficient (Wildman–Crippen LogP) is 5.47. The third-order valence-electron chi connectivity index (χ3n) is 8.06. The Balaban J connectivity index is 1.70. The number of nitro groups is 1. The van der Waals surface area contributed by atoms with E-state index in [2.05, 4.69) is 26.1 Å². The number of carbonyl (C=O) groups is 1. The number of aromatic nitrogens is 2. The monoisotopic (exact) mass is 450 g/mol. The molecule has 0 spiro atoms. The van der Waals surface area contributed by atoms with E-state index in [1.165, 1.54) is 12.1 Å². The van der Waals surface area contributed by atoms with Gasteiger partial charge in [-0.2, -0.15) is 0 Å². The van der Waals surface area contributed by atoms with Gasteiger partial charge >= 0.3 is 0 Å². The van der Waals surface area contributed by atoms with Crippen LogP contribution >= 0.6 is 11.6 Å². The molecule has 2 bridgehead atoms. The number of amides is 1. The van der Waals surface area contributed by atoms with Crippen molar-refractivity contribution in [2.45, 2.75) is 51.4 Å². The number of nitrogens with one attached hydrogen (secondary N) is 1. The van der Waals surface area contributed by atoms with Gasteiger partial charge in [0.2, 0.25) is 5.91 Å². The van der Waals surface area contributed by atoms with Crippen molar-refractivity contribution in [3.8, 4) is 0 Å². The smallest absolute Gasteiger partial charge is 0.271 e. The maximum Gasteiger partial charge on any atom is 0.271 e. The maximum atomic E-state index is 13.9. The average molecular weight is 451 g/mol. The molecule has 1 saturated carbocycles. The molecule has 1 amide bonds. The lowest BCUT2D eigenvalue weighted by Gasteiger charge is -2.39. The second-order valence-electron chi connectivity index (χ2n) is 9.63. The van der Waals surface area contributed by atoms with Gasteiger partial charge in [0.15, 0.2) is 0 Å². The van der Waals surface area contributed by atoms with Crippen molar-refractivity contribution in [2.24, 2.45) is 5.41 Å². The maximum absolute atomic E-state index is 13.9. The Bertz CT molecular complexity index is 1340. The number of benzene rings is 2. The third kappa shape index (κ3) is 2.45. The fourth-order valence-electron chi connectivity index (χ4n) is 5.70. The number of hydrogen-bond acceptors (Lipinski definition) is 5.